The molecule has 0 bridgehead atoms. The van der Waals surface area contributed by atoms with Gasteiger partial charge in [-0.2, -0.15) is 0 Å². The molecule has 1 atom stereocenters. The topological polar surface area (TPSA) is 53.9 Å². The Morgan fingerprint density at radius 2 is 2.05 bits per heavy atom. The second-order valence-electron chi connectivity index (χ2n) is 4.71. The zero-order chi connectivity index (χ0) is 13.8. The molecule has 0 spiro atoms. The smallest absolute Gasteiger partial charge is 0.125 e. The van der Waals surface area contributed by atoms with Gasteiger partial charge in [0, 0.05) is 12.2 Å². The van der Waals surface area contributed by atoms with E-state index in [0.29, 0.717) is 6.54 Å². The minimum atomic E-state index is 0.0299. The molecule has 2 aromatic heterocycles. The molecular weight excluding hydrogens is 250 g/mol. The van der Waals surface area contributed by atoms with Crippen LogP contribution >= 0.6 is 0 Å². The summed E-state index contributed by atoms with van der Waals surface area (Å²) >= 11 is 0. The van der Waals surface area contributed by atoms with Crippen LogP contribution in [0.15, 0.2) is 59.5 Å². The number of aromatic nitrogens is 2. The zero-order valence-electron chi connectivity index (χ0n) is 11.3. The molecule has 20 heavy (non-hydrogen) atoms. The van der Waals surface area contributed by atoms with Crippen LogP contribution in [0.5, 0.6) is 0 Å². The Hall–Kier alpha value is -2.33. The molecule has 1 aromatic carbocycles. The molecule has 0 aliphatic heterocycles. The average molecular weight is 267 g/mol. The van der Waals surface area contributed by atoms with Crippen LogP contribution in [0.2, 0.25) is 0 Å². The van der Waals surface area contributed by atoms with Gasteiger partial charge in [0.05, 0.1) is 24.3 Å². The van der Waals surface area contributed by atoms with Crippen LogP contribution in [0.25, 0.3) is 0 Å². The van der Waals surface area contributed by atoms with Gasteiger partial charge in [-0.05, 0) is 24.6 Å². The van der Waals surface area contributed by atoms with E-state index < -0.39 is 0 Å². The third-order valence-electron chi connectivity index (χ3n) is 3.37. The van der Waals surface area contributed by atoms with Gasteiger partial charge in [0.1, 0.15) is 5.76 Å². The number of hydrogen-bond acceptors (Lipinski definition) is 3. The maximum absolute atomic E-state index is 5.56. The summed E-state index contributed by atoms with van der Waals surface area (Å²) < 4.78 is 5.56. The molecule has 0 amide bonds. The number of rotatable bonds is 5. The number of aromatic amines is 1. The van der Waals surface area contributed by atoms with Crippen molar-refractivity contribution in [1.29, 1.82) is 0 Å². The third-order valence-corrected chi connectivity index (χ3v) is 3.37. The summed E-state index contributed by atoms with van der Waals surface area (Å²) in [5.74, 6) is 0.907. The summed E-state index contributed by atoms with van der Waals surface area (Å²) in [7, 11) is 0. The minimum absolute atomic E-state index is 0.0299. The molecule has 2 heterocycles. The molecule has 2 N–H and O–H groups in total. The van der Waals surface area contributed by atoms with Crippen molar-refractivity contribution < 1.29 is 4.42 Å². The zero-order valence-corrected chi connectivity index (χ0v) is 11.3. The Kier molecular flexibility index (Phi) is 3.65. The lowest BCUT2D eigenvalue weighted by atomic mass is 10.0. The van der Waals surface area contributed by atoms with E-state index in [1.165, 1.54) is 5.56 Å². The molecular formula is C16H17N3O. The Bertz CT molecular complexity index is 643. The van der Waals surface area contributed by atoms with Crippen LogP contribution in [-0.4, -0.2) is 9.97 Å². The highest BCUT2D eigenvalue weighted by Gasteiger charge is 2.16. The molecule has 0 aliphatic carbocycles. The molecule has 0 fully saturated rings. The number of benzene rings is 1. The fraction of sp³-hybridized carbons (Fsp3) is 0.188. The standard InChI is InChI=1S/C16H17N3O/c1-12-14(19-11-18-12)10-17-16(15-8-5-9-20-15)13-6-3-2-4-7-13/h2-9,11,16-17H,10H2,1H3,(H,18,19). The molecule has 4 nitrogen and oxygen atoms in total. The number of imidazole rings is 1. The summed E-state index contributed by atoms with van der Waals surface area (Å²) in [6, 6.07) is 14.2. The Balaban J connectivity index is 1.82. The first-order valence-electron chi connectivity index (χ1n) is 6.65. The Labute approximate surface area is 117 Å². The SMILES string of the molecule is Cc1[nH]cnc1CNC(c1ccccc1)c1ccco1. The number of H-pyrrole nitrogens is 1. The fourth-order valence-electron chi connectivity index (χ4n) is 2.25. The summed E-state index contributed by atoms with van der Waals surface area (Å²) in [5.41, 5.74) is 3.29. The van der Waals surface area contributed by atoms with Crippen molar-refractivity contribution in [3.63, 3.8) is 0 Å². The van der Waals surface area contributed by atoms with Crippen LogP contribution in [0.1, 0.15) is 28.8 Å². The van der Waals surface area contributed by atoms with Crippen molar-refractivity contribution >= 4 is 0 Å². The van der Waals surface area contributed by atoms with Gasteiger partial charge < -0.3 is 9.40 Å². The van der Waals surface area contributed by atoms with E-state index in [4.69, 9.17) is 4.42 Å². The highest BCUT2D eigenvalue weighted by Crippen LogP contribution is 2.22. The van der Waals surface area contributed by atoms with E-state index in [0.717, 1.165) is 17.1 Å². The van der Waals surface area contributed by atoms with E-state index >= 15 is 0 Å². The summed E-state index contributed by atoms with van der Waals surface area (Å²) in [4.78, 5) is 7.41. The van der Waals surface area contributed by atoms with Crippen molar-refractivity contribution in [2.75, 3.05) is 0 Å². The molecule has 102 valence electrons. The lowest BCUT2D eigenvalue weighted by molar-refractivity contribution is 0.444. The highest BCUT2D eigenvalue weighted by atomic mass is 16.3. The van der Waals surface area contributed by atoms with Gasteiger partial charge in [-0.1, -0.05) is 30.3 Å². The predicted octanol–water partition coefficient (Wildman–Crippen LogP) is 3.19. The van der Waals surface area contributed by atoms with Crippen molar-refractivity contribution in [2.45, 2.75) is 19.5 Å². The van der Waals surface area contributed by atoms with E-state index in [9.17, 15) is 0 Å². The van der Waals surface area contributed by atoms with Crippen LogP contribution < -0.4 is 5.32 Å². The first-order valence-corrected chi connectivity index (χ1v) is 6.65. The normalized spacial score (nSPS) is 12.4. The second-order valence-corrected chi connectivity index (χ2v) is 4.71. The van der Waals surface area contributed by atoms with Gasteiger partial charge in [-0.3, -0.25) is 5.32 Å². The van der Waals surface area contributed by atoms with Gasteiger partial charge >= 0.3 is 0 Å². The number of hydrogen-bond donors (Lipinski definition) is 2. The van der Waals surface area contributed by atoms with Crippen LogP contribution in [0.4, 0.5) is 0 Å². The van der Waals surface area contributed by atoms with Gasteiger partial charge in [-0.15, -0.1) is 0 Å². The number of nitrogens with one attached hydrogen (secondary N) is 2. The molecule has 4 heteroatoms. The molecule has 1 unspecified atom stereocenters. The van der Waals surface area contributed by atoms with Crippen LogP contribution in [-0.2, 0) is 6.54 Å². The monoisotopic (exact) mass is 267 g/mol. The Morgan fingerprint density at radius 1 is 1.20 bits per heavy atom. The average Bonchev–Trinajstić information content (AvgIpc) is 3.13. The number of aryl methyl sites for hydroxylation is 1. The fourth-order valence-corrected chi connectivity index (χ4v) is 2.25. The lowest BCUT2D eigenvalue weighted by Crippen LogP contribution is -2.22. The highest BCUT2D eigenvalue weighted by molar-refractivity contribution is 5.26. The first-order chi connectivity index (χ1) is 9.84. The second kappa shape index (κ2) is 5.75. The van der Waals surface area contributed by atoms with Crippen molar-refractivity contribution in [3.05, 3.63) is 77.8 Å². The summed E-state index contributed by atoms with van der Waals surface area (Å²) in [6.45, 7) is 2.71. The molecule has 3 rings (SSSR count). The van der Waals surface area contributed by atoms with Gasteiger partial charge in [0.15, 0.2) is 0 Å². The van der Waals surface area contributed by atoms with E-state index in [1.54, 1.807) is 12.6 Å². The number of furan rings is 1. The lowest BCUT2D eigenvalue weighted by Gasteiger charge is -2.16. The van der Waals surface area contributed by atoms with E-state index in [1.807, 2.05) is 37.3 Å². The van der Waals surface area contributed by atoms with E-state index in [-0.39, 0.29) is 6.04 Å². The van der Waals surface area contributed by atoms with Crippen molar-refractivity contribution in [3.8, 4) is 0 Å². The largest absolute Gasteiger partial charge is 0.467 e. The van der Waals surface area contributed by atoms with Crippen LogP contribution in [0, 0.1) is 6.92 Å². The maximum Gasteiger partial charge on any atom is 0.125 e. The quantitative estimate of drug-likeness (QED) is 0.746. The van der Waals surface area contributed by atoms with Crippen LogP contribution in [0.3, 0.4) is 0 Å². The van der Waals surface area contributed by atoms with Crippen molar-refractivity contribution in [1.82, 2.24) is 15.3 Å². The molecule has 0 saturated carbocycles. The third kappa shape index (κ3) is 2.65. The predicted molar refractivity (Wildman–Crippen MR) is 77.2 cm³/mol. The van der Waals surface area contributed by atoms with E-state index in [2.05, 4.69) is 27.4 Å². The molecule has 0 aliphatic rings. The molecule has 3 aromatic rings. The van der Waals surface area contributed by atoms with Gasteiger partial charge in [0.2, 0.25) is 0 Å². The van der Waals surface area contributed by atoms with Gasteiger partial charge in [-0.25, -0.2) is 4.98 Å². The first kappa shape index (κ1) is 12.7. The Morgan fingerprint density at radius 3 is 2.70 bits per heavy atom. The van der Waals surface area contributed by atoms with Gasteiger partial charge in [0.25, 0.3) is 0 Å². The minimum Gasteiger partial charge on any atom is -0.467 e. The molecule has 0 saturated heterocycles. The number of nitrogens with zero attached hydrogens (tertiary/aromatic N) is 1. The van der Waals surface area contributed by atoms with Crippen molar-refractivity contribution in [2.24, 2.45) is 0 Å². The summed E-state index contributed by atoms with van der Waals surface area (Å²) in [5, 5.41) is 3.51. The molecule has 0 radical (unpaired) electrons. The maximum atomic E-state index is 5.56. The summed E-state index contributed by atoms with van der Waals surface area (Å²) in [6.07, 6.45) is 3.42.